The van der Waals surface area contributed by atoms with Crippen LogP contribution in [0.25, 0.3) is 0 Å². The number of hydrogen-bond donors (Lipinski definition) is 1. The van der Waals surface area contributed by atoms with Gasteiger partial charge in [-0.2, -0.15) is 0 Å². The van der Waals surface area contributed by atoms with E-state index in [1.54, 1.807) is 36.4 Å². The Balaban J connectivity index is 1.42. The van der Waals surface area contributed by atoms with Crippen molar-refractivity contribution in [3.05, 3.63) is 88.3 Å². The van der Waals surface area contributed by atoms with Crippen LogP contribution in [-0.2, 0) is 23.0 Å². The molecule has 4 rings (SSSR count). The van der Waals surface area contributed by atoms with Crippen LogP contribution in [0.1, 0.15) is 46.3 Å². The summed E-state index contributed by atoms with van der Waals surface area (Å²) in [6.07, 6.45) is 3.01. The smallest absolute Gasteiger partial charge is 0.287 e. The predicted molar refractivity (Wildman–Crippen MR) is 110 cm³/mol. The van der Waals surface area contributed by atoms with E-state index in [1.807, 2.05) is 12.1 Å². The number of benzene rings is 2. The van der Waals surface area contributed by atoms with Crippen molar-refractivity contribution < 1.29 is 13.4 Å². The molecule has 0 fully saturated rings. The molecule has 0 saturated carbocycles. The molecule has 1 aliphatic carbocycles. The number of nitrogens with one attached hydrogen (secondary N) is 1. The molecule has 3 aromatic rings. The molecular weight excluding hydrogens is 394 g/mol. The highest BCUT2D eigenvalue weighted by atomic mass is 35.5. The van der Waals surface area contributed by atoms with Crippen LogP contribution in [0.5, 0.6) is 0 Å². The fourth-order valence-corrected chi connectivity index (χ4v) is 4.66. The second-order valence-electron chi connectivity index (χ2n) is 6.83. The van der Waals surface area contributed by atoms with Crippen molar-refractivity contribution in [1.29, 1.82) is 0 Å². The molecule has 1 amide bonds. The Bertz CT molecular complexity index is 1010. The SMILES string of the molecule is O=C(NC1CCCc2ccccc21)c1ccc(CS(=O)c2ccc(Cl)cc2)o1. The van der Waals surface area contributed by atoms with Gasteiger partial charge in [0, 0.05) is 9.92 Å². The fraction of sp³-hybridized carbons (Fsp3) is 0.227. The first kappa shape index (κ1) is 19.0. The third-order valence-electron chi connectivity index (χ3n) is 4.91. The highest BCUT2D eigenvalue weighted by Crippen LogP contribution is 2.29. The van der Waals surface area contributed by atoms with E-state index in [4.69, 9.17) is 16.0 Å². The number of carbonyl (C=O) groups excluding carboxylic acids is 1. The van der Waals surface area contributed by atoms with Crippen LogP contribution in [0.4, 0.5) is 0 Å². The number of halogens is 1. The summed E-state index contributed by atoms with van der Waals surface area (Å²) in [6.45, 7) is 0. The summed E-state index contributed by atoms with van der Waals surface area (Å²) in [4.78, 5) is 13.3. The molecule has 2 atom stereocenters. The average molecular weight is 414 g/mol. The molecule has 2 aromatic carbocycles. The topological polar surface area (TPSA) is 59.3 Å². The summed E-state index contributed by atoms with van der Waals surface area (Å²) >= 11 is 5.86. The molecule has 28 heavy (non-hydrogen) atoms. The zero-order chi connectivity index (χ0) is 19.5. The van der Waals surface area contributed by atoms with Crippen molar-refractivity contribution in [2.45, 2.75) is 36.0 Å². The molecule has 144 valence electrons. The molecule has 0 radical (unpaired) electrons. The Morgan fingerprint density at radius 2 is 1.89 bits per heavy atom. The van der Waals surface area contributed by atoms with Gasteiger partial charge in [-0.05, 0) is 66.8 Å². The third-order valence-corrected chi connectivity index (χ3v) is 6.51. The van der Waals surface area contributed by atoms with E-state index in [9.17, 15) is 9.00 Å². The maximum Gasteiger partial charge on any atom is 0.287 e. The van der Waals surface area contributed by atoms with Crippen molar-refractivity contribution in [2.75, 3.05) is 0 Å². The van der Waals surface area contributed by atoms with Crippen molar-refractivity contribution >= 4 is 28.3 Å². The number of fused-ring (bicyclic) bond motifs is 1. The van der Waals surface area contributed by atoms with Gasteiger partial charge in [-0.25, -0.2) is 0 Å². The third kappa shape index (κ3) is 4.21. The molecule has 4 nitrogen and oxygen atoms in total. The van der Waals surface area contributed by atoms with Gasteiger partial charge in [0.1, 0.15) is 5.76 Å². The lowest BCUT2D eigenvalue weighted by Gasteiger charge is -2.25. The van der Waals surface area contributed by atoms with Crippen LogP contribution < -0.4 is 5.32 Å². The van der Waals surface area contributed by atoms with Crippen LogP contribution >= 0.6 is 11.6 Å². The summed E-state index contributed by atoms with van der Waals surface area (Å²) in [5.74, 6) is 0.722. The van der Waals surface area contributed by atoms with Crippen molar-refractivity contribution in [3.63, 3.8) is 0 Å². The maximum atomic E-state index is 12.6. The van der Waals surface area contributed by atoms with Gasteiger partial charge >= 0.3 is 0 Å². The van der Waals surface area contributed by atoms with E-state index in [0.29, 0.717) is 15.7 Å². The quantitative estimate of drug-likeness (QED) is 0.636. The van der Waals surface area contributed by atoms with E-state index in [0.717, 1.165) is 19.3 Å². The fourth-order valence-electron chi connectivity index (χ4n) is 3.51. The lowest BCUT2D eigenvalue weighted by molar-refractivity contribution is 0.0903. The Labute approximate surface area is 171 Å². The molecule has 0 spiro atoms. The molecule has 0 saturated heterocycles. The van der Waals surface area contributed by atoms with Crippen molar-refractivity contribution in [1.82, 2.24) is 5.32 Å². The average Bonchev–Trinajstić information content (AvgIpc) is 3.17. The molecule has 0 aliphatic heterocycles. The first-order valence-electron chi connectivity index (χ1n) is 9.21. The summed E-state index contributed by atoms with van der Waals surface area (Å²) in [7, 11) is -1.26. The van der Waals surface area contributed by atoms with Crippen LogP contribution in [0.3, 0.4) is 0 Å². The van der Waals surface area contributed by atoms with Gasteiger partial charge in [0.15, 0.2) is 5.76 Å². The molecule has 2 unspecified atom stereocenters. The highest BCUT2D eigenvalue weighted by molar-refractivity contribution is 7.84. The lowest BCUT2D eigenvalue weighted by atomic mass is 9.88. The monoisotopic (exact) mass is 413 g/mol. The number of amides is 1. The molecular formula is C22H20ClNO3S. The summed E-state index contributed by atoms with van der Waals surface area (Å²) in [5.41, 5.74) is 2.47. The van der Waals surface area contributed by atoms with Gasteiger partial charge in [-0.15, -0.1) is 0 Å². The zero-order valence-electron chi connectivity index (χ0n) is 15.2. The number of furan rings is 1. The minimum Gasteiger partial charge on any atom is -0.455 e. The molecule has 1 N–H and O–H groups in total. The zero-order valence-corrected chi connectivity index (χ0v) is 16.8. The largest absolute Gasteiger partial charge is 0.455 e. The van der Waals surface area contributed by atoms with Gasteiger partial charge in [-0.1, -0.05) is 35.9 Å². The van der Waals surface area contributed by atoms with Crippen LogP contribution in [0.2, 0.25) is 5.02 Å². The van der Waals surface area contributed by atoms with Crippen LogP contribution in [0, 0.1) is 0 Å². The number of carbonyl (C=O) groups is 1. The Kier molecular flexibility index (Phi) is 5.64. The van der Waals surface area contributed by atoms with E-state index < -0.39 is 10.8 Å². The summed E-state index contributed by atoms with van der Waals surface area (Å²) in [5, 5.41) is 3.67. The lowest BCUT2D eigenvalue weighted by Crippen LogP contribution is -2.30. The van der Waals surface area contributed by atoms with Gasteiger partial charge < -0.3 is 9.73 Å². The standard InChI is InChI=1S/C22H20ClNO3S/c23-16-8-11-18(12-9-16)28(26)14-17-10-13-21(27-17)22(25)24-20-7-3-5-15-4-1-2-6-19(15)20/h1-2,4,6,8-13,20H,3,5,7,14H2,(H,24,25). The van der Waals surface area contributed by atoms with Gasteiger partial charge in [-0.3, -0.25) is 9.00 Å². The maximum absolute atomic E-state index is 12.6. The molecule has 6 heteroatoms. The Hall–Kier alpha value is -2.37. The van der Waals surface area contributed by atoms with E-state index >= 15 is 0 Å². The predicted octanol–water partition coefficient (Wildman–Crippen LogP) is 5.05. The first-order valence-corrected chi connectivity index (χ1v) is 10.9. The Morgan fingerprint density at radius 1 is 1.11 bits per heavy atom. The van der Waals surface area contributed by atoms with Gasteiger partial charge in [0.25, 0.3) is 5.91 Å². The minimum atomic E-state index is -1.26. The van der Waals surface area contributed by atoms with Crippen LogP contribution in [-0.4, -0.2) is 10.1 Å². The minimum absolute atomic E-state index is 0.00537. The Morgan fingerprint density at radius 3 is 2.71 bits per heavy atom. The summed E-state index contributed by atoms with van der Waals surface area (Å²) < 4.78 is 18.1. The number of hydrogen-bond acceptors (Lipinski definition) is 3. The van der Waals surface area contributed by atoms with Crippen molar-refractivity contribution in [2.24, 2.45) is 0 Å². The molecule has 0 bridgehead atoms. The normalized spacial score (nSPS) is 17.0. The highest BCUT2D eigenvalue weighted by Gasteiger charge is 2.23. The van der Waals surface area contributed by atoms with Gasteiger partial charge in [0.05, 0.1) is 22.6 Å². The number of rotatable bonds is 5. The molecule has 1 aromatic heterocycles. The first-order chi connectivity index (χ1) is 13.6. The van der Waals surface area contributed by atoms with E-state index in [2.05, 4.69) is 17.4 Å². The number of aryl methyl sites for hydroxylation is 1. The second-order valence-corrected chi connectivity index (χ2v) is 8.71. The van der Waals surface area contributed by atoms with Crippen LogP contribution in [0.15, 0.2) is 70.0 Å². The molecule has 1 heterocycles. The summed E-state index contributed by atoms with van der Waals surface area (Å²) in [6, 6.07) is 18.4. The van der Waals surface area contributed by atoms with Crippen molar-refractivity contribution in [3.8, 4) is 0 Å². The van der Waals surface area contributed by atoms with Gasteiger partial charge in [0.2, 0.25) is 0 Å². The molecule has 1 aliphatic rings. The second kappa shape index (κ2) is 8.33. The van der Waals surface area contributed by atoms with E-state index in [-0.39, 0.29) is 23.5 Å². The van der Waals surface area contributed by atoms with E-state index in [1.165, 1.54) is 11.1 Å².